The molecular formula is C23H24I2N2OS. The van der Waals surface area contributed by atoms with E-state index in [-0.39, 0.29) is 0 Å². The van der Waals surface area contributed by atoms with Crippen molar-refractivity contribution in [2.24, 2.45) is 16.3 Å². The average Bonchev–Trinajstić information content (AvgIpc) is 3.01. The van der Waals surface area contributed by atoms with E-state index in [1.54, 1.807) is 17.4 Å². The Morgan fingerprint density at radius 3 is 2.62 bits per heavy atom. The lowest BCUT2D eigenvalue weighted by molar-refractivity contribution is 0.218. The van der Waals surface area contributed by atoms with Gasteiger partial charge in [0.25, 0.3) is 0 Å². The lowest BCUT2D eigenvalue weighted by atomic mass is 9.72. The predicted octanol–water partition coefficient (Wildman–Crippen LogP) is 7.30. The summed E-state index contributed by atoms with van der Waals surface area (Å²) in [4.78, 5) is 6.07. The van der Waals surface area contributed by atoms with Crippen molar-refractivity contribution in [2.45, 2.75) is 40.0 Å². The van der Waals surface area contributed by atoms with E-state index in [1.165, 1.54) is 10.4 Å². The summed E-state index contributed by atoms with van der Waals surface area (Å²) in [6.07, 6.45) is 6.79. The van der Waals surface area contributed by atoms with E-state index in [2.05, 4.69) is 90.7 Å². The van der Waals surface area contributed by atoms with Crippen LogP contribution in [0.5, 0.6) is 5.75 Å². The second-order valence-electron chi connectivity index (χ2n) is 8.27. The van der Waals surface area contributed by atoms with Crippen LogP contribution in [0.4, 0.5) is 5.00 Å². The summed E-state index contributed by atoms with van der Waals surface area (Å²) in [6, 6.07) is 6.52. The first-order valence-electron chi connectivity index (χ1n) is 9.56. The van der Waals surface area contributed by atoms with Gasteiger partial charge in [0.05, 0.1) is 12.7 Å². The van der Waals surface area contributed by atoms with Crippen LogP contribution in [0.3, 0.4) is 0 Å². The first-order chi connectivity index (χ1) is 13.7. The molecule has 0 amide bonds. The van der Waals surface area contributed by atoms with Crippen molar-refractivity contribution in [3.05, 3.63) is 53.5 Å². The number of halogens is 2. The highest BCUT2D eigenvalue weighted by molar-refractivity contribution is 14.1. The van der Waals surface area contributed by atoms with Gasteiger partial charge in [0.15, 0.2) is 0 Å². The average molecular weight is 630 g/mol. The van der Waals surface area contributed by atoms with Crippen LogP contribution in [-0.2, 0) is 12.8 Å². The van der Waals surface area contributed by atoms with Gasteiger partial charge in [-0.15, -0.1) is 11.3 Å². The normalized spacial score (nSPS) is 16.5. The highest BCUT2D eigenvalue weighted by Crippen LogP contribution is 2.44. The molecule has 1 aliphatic carbocycles. The molecule has 3 nitrogen and oxygen atoms in total. The number of nitrogens with zero attached hydrogens (tertiary/aromatic N) is 2. The zero-order valence-electron chi connectivity index (χ0n) is 16.9. The second kappa shape index (κ2) is 9.48. The second-order valence-corrected chi connectivity index (χ2v) is 11.7. The topological polar surface area (TPSA) is 45.4 Å². The minimum absolute atomic E-state index is 0.292. The van der Waals surface area contributed by atoms with Crippen LogP contribution in [0.15, 0.2) is 29.8 Å². The Bertz CT molecular complexity index is 973. The fourth-order valence-electron chi connectivity index (χ4n) is 3.58. The third-order valence-corrected chi connectivity index (χ3v) is 8.05. The van der Waals surface area contributed by atoms with Crippen LogP contribution >= 0.6 is 56.5 Å². The van der Waals surface area contributed by atoms with Crippen molar-refractivity contribution in [2.75, 3.05) is 6.61 Å². The molecule has 0 N–H and O–H groups in total. The Morgan fingerprint density at radius 2 is 2.03 bits per heavy atom. The van der Waals surface area contributed by atoms with E-state index < -0.39 is 0 Å². The van der Waals surface area contributed by atoms with Crippen molar-refractivity contribution < 1.29 is 4.74 Å². The molecule has 152 valence electrons. The summed E-state index contributed by atoms with van der Waals surface area (Å²) < 4.78 is 7.82. The molecule has 0 bridgehead atoms. The molecule has 0 fully saturated rings. The molecule has 6 heteroatoms. The molecular weight excluding hydrogens is 606 g/mol. The van der Waals surface area contributed by atoms with Crippen molar-refractivity contribution in [1.82, 2.24) is 0 Å². The summed E-state index contributed by atoms with van der Waals surface area (Å²) in [5.41, 5.74) is 3.29. The SMILES string of the molecule is C=CCOc1c(I)cc(C=Nc2sc3c(c2C#N)CC[C@@H](C(C)(C)C)C3)cc1I. The number of ether oxygens (including phenoxy) is 1. The van der Waals surface area contributed by atoms with Crippen LogP contribution in [-0.4, -0.2) is 12.8 Å². The molecule has 1 atom stereocenters. The van der Waals surface area contributed by atoms with Gasteiger partial charge in [-0.1, -0.05) is 33.4 Å². The Kier molecular flexibility index (Phi) is 7.44. The van der Waals surface area contributed by atoms with Gasteiger partial charge >= 0.3 is 0 Å². The van der Waals surface area contributed by atoms with Crippen molar-refractivity contribution in [3.63, 3.8) is 0 Å². The monoisotopic (exact) mass is 630 g/mol. The Labute approximate surface area is 204 Å². The van der Waals surface area contributed by atoms with Gasteiger partial charge in [0.2, 0.25) is 0 Å². The van der Waals surface area contributed by atoms with E-state index in [0.717, 1.165) is 48.3 Å². The number of nitriles is 1. The number of fused-ring (bicyclic) bond motifs is 1. The fraction of sp³-hybridized carbons (Fsp3) is 0.391. The molecule has 1 heterocycles. The van der Waals surface area contributed by atoms with Gasteiger partial charge < -0.3 is 4.74 Å². The Balaban J connectivity index is 1.88. The molecule has 29 heavy (non-hydrogen) atoms. The molecule has 0 spiro atoms. The maximum absolute atomic E-state index is 9.75. The number of thiophene rings is 1. The molecule has 0 saturated carbocycles. The van der Waals surface area contributed by atoms with Crippen LogP contribution in [0.1, 0.15) is 48.8 Å². The van der Waals surface area contributed by atoms with Gasteiger partial charge in [-0.3, -0.25) is 0 Å². The molecule has 1 aromatic carbocycles. The standard InChI is InChI=1S/C23H24I2N2OS/c1-5-8-28-21-18(24)9-14(10-19(21)25)13-27-22-17(12-26)16-7-6-15(23(2,3)4)11-20(16)29-22/h5,9-10,13,15H,1,6-8,11H2,2-4H3/t15-/m1/s1. The predicted molar refractivity (Wildman–Crippen MR) is 139 cm³/mol. The highest BCUT2D eigenvalue weighted by Gasteiger charge is 2.32. The molecule has 1 aromatic heterocycles. The molecule has 0 unspecified atom stereocenters. The minimum Gasteiger partial charge on any atom is -0.487 e. The van der Waals surface area contributed by atoms with Gasteiger partial charge in [-0.05, 0) is 99.0 Å². The largest absolute Gasteiger partial charge is 0.487 e. The Morgan fingerprint density at radius 1 is 1.34 bits per heavy atom. The van der Waals surface area contributed by atoms with E-state index in [9.17, 15) is 5.26 Å². The quantitative estimate of drug-likeness (QED) is 0.198. The summed E-state index contributed by atoms with van der Waals surface area (Å²) in [7, 11) is 0. The van der Waals surface area contributed by atoms with Crippen LogP contribution in [0.25, 0.3) is 0 Å². The van der Waals surface area contributed by atoms with E-state index in [1.807, 2.05) is 6.21 Å². The lowest BCUT2D eigenvalue weighted by Gasteiger charge is -2.33. The zero-order valence-corrected chi connectivity index (χ0v) is 22.0. The number of hydrogen-bond acceptors (Lipinski definition) is 4. The smallest absolute Gasteiger partial charge is 0.146 e. The van der Waals surface area contributed by atoms with E-state index in [4.69, 9.17) is 9.73 Å². The number of aliphatic imine (C=N–C) groups is 1. The van der Waals surface area contributed by atoms with E-state index in [0.29, 0.717) is 17.9 Å². The third-order valence-electron chi connectivity index (χ3n) is 5.28. The van der Waals surface area contributed by atoms with Gasteiger partial charge in [0, 0.05) is 11.1 Å². The van der Waals surface area contributed by atoms with E-state index >= 15 is 0 Å². The summed E-state index contributed by atoms with van der Waals surface area (Å²) >= 11 is 6.26. The van der Waals surface area contributed by atoms with Crippen LogP contribution < -0.4 is 4.74 Å². The van der Waals surface area contributed by atoms with Crippen molar-refractivity contribution in [1.29, 1.82) is 5.26 Å². The maximum atomic E-state index is 9.75. The summed E-state index contributed by atoms with van der Waals surface area (Å²) in [5.74, 6) is 1.53. The molecule has 0 aliphatic heterocycles. The minimum atomic E-state index is 0.292. The first kappa shape index (κ1) is 22.8. The zero-order chi connectivity index (χ0) is 21.2. The molecule has 1 aliphatic rings. The number of rotatable bonds is 5. The lowest BCUT2D eigenvalue weighted by Crippen LogP contribution is -2.26. The summed E-state index contributed by atoms with van der Waals surface area (Å²) in [5, 5.41) is 10.6. The fourth-order valence-corrected chi connectivity index (χ4v) is 6.93. The number of hydrogen-bond donors (Lipinski definition) is 0. The first-order valence-corrected chi connectivity index (χ1v) is 12.5. The third kappa shape index (κ3) is 5.23. The van der Waals surface area contributed by atoms with Crippen LogP contribution in [0.2, 0.25) is 0 Å². The molecule has 3 rings (SSSR count). The maximum Gasteiger partial charge on any atom is 0.146 e. The number of benzene rings is 1. The van der Waals surface area contributed by atoms with Gasteiger partial charge in [-0.25, -0.2) is 4.99 Å². The molecule has 0 radical (unpaired) electrons. The van der Waals surface area contributed by atoms with Crippen LogP contribution in [0, 0.1) is 29.8 Å². The summed E-state index contributed by atoms with van der Waals surface area (Å²) in [6.45, 7) is 11.1. The highest BCUT2D eigenvalue weighted by atomic mass is 127. The molecule has 0 saturated heterocycles. The van der Waals surface area contributed by atoms with Gasteiger partial charge in [-0.2, -0.15) is 5.26 Å². The molecule has 2 aromatic rings. The Hall–Kier alpha value is -0.920. The van der Waals surface area contributed by atoms with Crippen molar-refractivity contribution >= 4 is 67.7 Å². The van der Waals surface area contributed by atoms with Crippen molar-refractivity contribution in [3.8, 4) is 11.8 Å². The van der Waals surface area contributed by atoms with Gasteiger partial charge in [0.1, 0.15) is 23.4 Å².